The van der Waals surface area contributed by atoms with Gasteiger partial charge in [0.1, 0.15) is 18.5 Å². The lowest BCUT2D eigenvalue weighted by Gasteiger charge is -2.15. The van der Waals surface area contributed by atoms with Crippen LogP contribution in [-0.2, 0) is 22.3 Å². The van der Waals surface area contributed by atoms with E-state index in [1.165, 1.54) is 48.8 Å². The Hall–Kier alpha value is -3.52. The lowest BCUT2D eigenvalue weighted by Crippen LogP contribution is -2.15. The van der Waals surface area contributed by atoms with E-state index in [1.54, 1.807) is 12.1 Å². The Kier molecular flexibility index (Phi) is 6.81. The first kappa shape index (κ1) is 22.2. The molecule has 0 saturated carbocycles. The Labute approximate surface area is 175 Å². The third-order valence-electron chi connectivity index (χ3n) is 4.37. The number of pyridine rings is 1. The molecule has 1 unspecified atom stereocenters. The van der Waals surface area contributed by atoms with Gasteiger partial charge in [-0.25, -0.2) is 9.18 Å². The molecule has 2 aromatic carbocycles. The van der Waals surface area contributed by atoms with Crippen molar-refractivity contribution in [2.45, 2.75) is 18.9 Å². The Balaban J connectivity index is 1.87. The van der Waals surface area contributed by atoms with Crippen molar-refractivity contribution in [3.63, 3.8) is 0 Å². The van der Waals surface area contributed by atoms with E-state index in [1.807, 2.05) is 0 Å². The molecule has 1 atom stereocenters. The van der Waals surface area contributed by atoms with Crippen molar-refractivity contribution < 1.29 is 32.2 Å². The predicted octanol–water partition coefficient (Wildman–Crippen LogP) is 5.10. The summed E-state index contributed by atoms with van der Waals surface area (Å²) in [5, 5.41) is 10.7. The normalized spacial score (nSPS) is 13.0. The molecule has 1 aromatic heterocycles. The molecule has 0 radical (unpaired) electrons. The van der Waals surface area contributed by atoms with Crippen LogP contribution < -0.4 is 0 Å². The molecule has 0 spiro atoms. The van der Waals surface area contributed by atoms with E-state index in [0.717, 1.165) is 18.2 Å². The van der Waals surface area contributed by atoms with Crippen molar-refractivity contribution in [3.05, 3.63) is 107 Å². The topological polar surface area (TPSA) is 59.4 Å². The third kappa shape index (κ3) is 5.76. The first-order chi connectivity index (χ1) is 14.8. The van der Waals surface area contributed by atoms with Crippen LogP contribution in [0.1, 0.15) is 28.4 Å². The number of carbonyl (C=O) groups excluding carboxylic acids is 1. The van der Waals surface area contributed by atoms with Gasteiger partial charge in [-0.3, -0.25) is 4.98 Å². The molecule has 1 heterocycles. The summed E-state index contributed by atoms with van der Waals surface area (Å²) in [5.74, 6) is -1.62. The maximum atomic E-state index is 14.1. The van der Waals surface area contributed by atoms with E-state index in [9.17, 15) is 27.5 Å². The van der Waals surface area contributed by atoms with Crippen LogP contribution in [0.25, 0.3) is 6.08 Å². The van der Waals surface area contributed by atoms with Crippen LogP contribution in [0.15, 0.2) is 78.6 Å². The summed E-state index contributed by atoms with van der Waals surface area (Å²) in [6.07, 6.45) is -2.07. The molecule has 4 nitrogen and oxygen atoms in total. The van der Waals surface area contributed by atoms with Gasteiger partial charge in [-0.1, -0.05) is 36.4 Å². The second-order valence-electron chi connectivity index (χ2n) is 6.58. The number of halogens is 4. The van der Waals surface area contributed by atoms with Gasteiger partial charge in [-0.15, -0.1) is 0 Å². The molecule has 0 bridgehead atoms. The van der Waals surface area contributed by atoms with Crippen LogP contribution in [-0.4, -0.2) is 16.1 Å². The van der Waals surface area contributed by atoms with Crippen molar-refractivity contribution in [1.29, 1.82) is 0 Å². The summed E-state index contributed by atoms with van der Waals surface area (Å²) in [6, 6.07) is 13.0. The van der Waals surface area contributed by atoms with Gasteiger partial charge in [0.05, 0.1) is 11.1 Å². The second-order valence-corrected chi connectivity index (χ2v) is 6.58. The highest BCUT2D eigenvalue weighted by molar-refractivity contribution is 5.95. The summed E-state index contributed by atoms with van der Waals surface area (Å²) in [7, 11) is 0. The van der Waals surface area contributed by atoms with Gasteiger partial charge < -0.3 is 9.84 Å². The van der Waals surface area contributed by atoms with Crippen molar-refractivity contribution in [2.75, 3.05) is 0 Å². The number of alkyl halides is 3. The Bertz CT molecular complexity index is 1080. The van der Waals surface area contributed by atoms with Gasteiger partial charge in [0, 0.05) is 23.5 Å². The quantitative estimate of drug-likeness (QED) is 0.335. The highest BCUT2D eigenvalue weighted by atomic mass is 19.4. The Morgan fingerprint density at radius 3 is 2.55 bits per heavy atom. The monoisotopic (exact) mass is 431 g/mol. The minimum absolute atomic E-state index is 0.0384. The Morgan fingerprint density at radius 2 is 1.87 bits per heavy atom. The molecule has 1 N–H and O–H groups in total. The maximum absolute atomic E-state index is 14.1. The van der Waals surface area contributed by atoms with Crippen molar-refractivity contribution in [1.82, 2.24) is 4.98 Å². The molecular formula is C23H17F4NO3. The fraction of sp³-hybridized carbons (Fsp3) is 0.130. The number of rotatable bonds is 6. The number of aliphatic hydroxyl groups is 1. The lowest BCUT2D eigenvalue weighted by molar-refractivity contribution is -0.141. The average Bonchev–Trinajstić information content (AvgIpc) is 2.77. The number of benzene rings is 2. The molecule has 0 fully saturated rings. The number of aliphatic hydroxyl groups excluding tert-OH is 1. The second kappa shape index (κ2) is 9.53. The molecule has 3 rings (SSSR count). The van der Waals surface area contributed by atoms with E-state index in [0.29, 0.717) is 0 Å². The highest BCUT2D eigenvalue weighted by Crippen LogP contribution is 2.30. The molecule has 0 aliphatic heterocycles. The molecule has 0 aliphatic rings. The minimum atomic E-state index is -4.54. The average molecular weight is 431 g/mol. The number of aromatic nitrogens is 1. The van der Waals surface area contributed by atoms with Crippen LogP contribution in [0.2, 0.25) is 0 Å². The van der Waals surface area contributed by atoms with Crippen LogP contribution in [0.5, 0.6) is 0 Å². The molecule has 0 amide bonds. The first-order valence-corrected chi connectivity index (χ1v) is 9.13. The van der Waals surface area contributed by atoms with Gasteiger partial charge in [0.25, 0.3) is 0 Å². The van der Waals surface area contributed by atoms with E-state index >= 15 is 0 Å². The molecule has 0 saturated heterocycles. The zero-order valence-electron chi connectivity index (χ0n) is 16.0. The van der Waals surface area contributed by atoms with Gasteiger partial charge in [-0.05, 0) is 35.9 Å². The summed E-state index contributed by atoms with van der Waals surface area (Å²) >= 11 is 0. The zero-order valence-corrected chi connectivity index (χ0v) is 16.0. The number of hydrogen-bond donors (Lipinski definition) is 1. The van der Waals surface area contributed by atoms with E-state index < -0.39 is 36.2 Å². The van der Waals surface area contributed by atoms with E-state index in [2.05, 4.69) is 4.98 Å². The molecule has 3 aromatic rings. The van der Waals surface area contributed by atoms with Gasteiger partial charge in [0.15, 0.2) is 0 Å². The molecular weight excluding hydrogens is 414 g/mol. The van der Waals surface area contributed by atoms with E-state index in [4.69, 9.17) is 4.74 Å². The van der Waals surface area contributed by atoms with Gasteiger partial charge >= 0.3 is 12.1 Å². The predicted molar refractivity (Wildman–Crippen MR) is 105 cm³/mol. The summed E-state index contributed by atoms with van der Waals surface area (Å²) in [6.45, 7) is -0.461. The van der Waals surface area contributed by atoms with Crippen LogP contribution in [0, 0.1) is 5.82 Å². The van der Waals surface area contributed by atoms with Crippen molar-refractivity contribution >= 4 is 12.0 Å². The fourth-order valence-corrected chi connectivity index (χ4v) is 2.80. The molecule has 0 aliphatic carbocycles. The number of ether oxygens (including phenoxy) is 1. The molecule has 31 heavy (non-hydrogen) atoms. The van der Waals surface area contributed by atoms with Gasteiger partial charge in [0.2, 0.25) is 0 Å². The largest absolute Gasteiger partial charge is 0.457 e. The Morgan fingerprint density at radius 1 is 1.10 bits per heavy atom. The van der Waals surface area contributed by atoms with Crippen LogP contribution in [0.3, 0.4) is 0 Å². The molecule has 160 valence electrons. The fourth-order valence-electron chi connectivity index (χ4n) is 2.80. The van der Waals surface area contributed by atoms with Gasteiger partial charge in [-0.2, -0.15) is 13.2 Å². The smallest absolute Gasteiger partial charge is 0.416 e. The maximum Gasteiger partial charge on any atom is 0.416 e. The number of nitrogens with zero attached hydrogens (tertiary/aromatic N) is 1. The standard InChI is InChI=1S/C23H17F4NO3/c24-20-9-2-1-6-16(20)12-19(21(29)17-7-4-10-28-13-17)22(30)31-14-15-5-3-8-18(11-15)23(25,26)27/h1-13,21,29H,14H2/b19-12-. The van der Waals surface area contributed by atoms with Crippen LogP contribution in [0.4, 0.5) is 17.6 Å². The van der Waals surface area contributed by atoms with Crippen LogP contribution >= 0.6 is 0 Å². The van der Waals surface area contributed by atoms with E-state index in [-0.39, 0.29) is 22.3 Å². The number of esters is 1. The first-order valence-electron chi connectivity index (χ1n) is 9.13. The third-order valence-corrected chi connectivity index (χ3v) is 4.37. The highest BCUT2D eigenvalue weighted by Gasteiger charge is 2.30. The lowest BCUT2D eigenvalue weighted by atomic mass is 10.0. The minimum Gasteiger partial charge on any atom is -0.457 e. The summed E-state index contributed by atoms with van der Waals surface area (Å²) in [5.41, 5.74) is -0.745. The number of hydrogen-bond acceptors (Lipinski definition) is 4. The molecule has 8 heteroatoms. The SMILES string of the molecule is O=C(OCc1cccc(C(F)(F)F)c1)/C(=C\c1ccccc1F)C(O)c1cccnc1. The summed E-state index contributed by atoms with van der Waals surface area (Å²) in [4.78, 5) is 16.6. The van der Waals surface area contributed by atoms with Crippen molar-refractivity contribution in [3.8, 4) is 0 Å². The zero-order chi connectivity index (χ0) is 22.4. The summed E-state index contributed by atoms with van der Waals surface area (Å²) < 4.78 is 57.9. The van der Waals surface area contributed by atoms with Crippen molar-refractivity contribution in [2.24, 2.45) is 0 Å². The number of carbonyl (C=O) groups is 1.